The maximum Gasteiger partial charge on any atom is 0.236 e. The van der Waals surface area contributed by atoms with Gasteiger partial charge in [-0.25, -0.2) is 4.98 Å². The molecule has 0 bridgehead atoms. The smallest absolute Gasteiger partial charge is 0.236 e. The van der Waals surface area contributed by atoms with Gasteiger partial charge < -0.3 is 9.52 Å². The van der Waals surface area contributed by atoms with Gasteiger partial charge in [0.25, 0.3) is 0 Å². The number of hydrogen-bond donors (Lipinski definition) is 1. The molecule has 0 unspecified atom stereocenters. The van der Waals surface area contributed by atoms with E-state index in [4.69, 9.17) is 4.42 Å². The summed E-state index contributed by atoms with van der Waals surface area (Å²) in [5, 5.41) is 10.5. The third-order valence-electron chi connectivity index (χ3n) is 3.29. The largest absolute Gasteiger partial charge is 0.508 e. The quantitative estimate of drug-likeness (QED) is 0.570. The first-order valence-corrected chi connectivity index (χ1v) is 7.35. The molecule has 0 atom stereocenters. The maximum absolute atomic E-state index is 9.32. The SMILES string of the molecule is Oc1ccc(-c2cnc(-c3cc4ccccc4s3)o2)cc1. The number of fused-ring (bicyclic) bond motifs is 1. The molecule has 0 saturated heterocycles. The Morgan fingerprint density at radius 2 is 1.81 bits per heavy atom. The summed E-state index contributed by atoms with van der Waals surface area (Å²) in [6, 6.07) is 17.2. The fourth-order valence-electron chi connectivity index (χ4n) is 2.23. The Morgan fingerprint density at radius 3 is 2.62 bits per heavy atom. The van der Waals surface area contributed by atoms with Crippen LogP contribution in [0, 0.1) is 0 Å². The van der Waals surface area contributed by atoms with Crippen LogP contribution in [0.2, 0.25) is 0 Å². The maximum atomic E-state index is 9.32. The summed E-state index contributed by atoms with van der Waals surface area (Å²) in [6.07, 6.45) is 1.71. The van der Waals surface area contributed by atoms with Crippen molar-refractivity contribution in [2.75, 3.05) is 0 Å². The highest BCUT2D eigenvalue weighted by molar-refractivity contribution is 7.22. The Hall–Kier alpha value is -2.59. The standard InChI is InChI=1S/C17H11NO2S/c19-13-7-5-11(6-8-13)14-10-18-17(20-14)16-9-12-3-1-2-4-15(12)21-16/h1-10,19H. The van der Waals surface area contributed by atoms with Gasteiger partial charge in [0, 0.05) is 10.3 Å². The molecule has 0 saturated carbocycles. The highest BCUT2D eigenvalue weighted by Gasteiger charge is 2.11. The van der Waals surface area contributed by atoms with Crippen molar-refractivity contribution in [3.05, 3.63) is 60.8 Å². The molecule has 4 heteroatoms. The van der Waals surface area contributed by atoms with E-state index < -0.39 is 0 Å². The lowest BCUT2D eigenvalue weighted by Crippen LogP contribution is -1.71. The topological polar surface area (TPSA) is 46.3 Å². The molecule has 0 aliphatic rings. The van der Waals surface area contributed by atoms with Gasteiger partial charge >= 0.3 is 0 Å². The second kappa shape index (κ2) is 4.75. The van der Waals surface area contributed by atoms with E-state index in [-0.39, 0.29) is 5.75 Å². The summed E-state index contributed by atoms with van der Waals surface area (Å²) >= 11 is 1.67. The van der Waals surface area contributed by atoms with Crippen LogP contribution < -0.4 is 0 Å². The van der Waals surface area contributed by atoms with Crippen molar-refractivity contribution in [2.24, 2.45) is 0 Å². The van der Waals surface area contributed by atoms with E-state index in [1.54, 1.807) is 29.7 Å². The summed E-state index contributed by atoms with van der Waals surface area (Å²) in [6.45, 7) is 0. The van der Waals surface area contributed by atoms with E-state index in [1.165, 1.54) is 10.1 Å². The van der Waals surface area contributed by atoms with Gasteiger partial charge in [0.15, 0.2) is 5.76 Å². The number of aromatic nitrogens is 1. The lowest BCUT2D eigenvalue weighted by molar-refractivity contribution is 0.475. The van der Waals surface area contributed by atoms with Gasteiger partial charge in [0.2, 0.25) is 5.89 Å². The number of rotatable bonds is 2. The second-order valence-electron chi connectivity index (χ2n) is 4.73. The Bertz CT molecular complexity index is 873. The summed E-state index contributed by atoms with van der Waals surface area (Å²) in [5.41, 5.74) is 0.896. The predicted octanol–water partition coefficient (Wildman–Crippen LogP) is 4.93. The number of aromatic hydroxyl groups is 1. The highest BCUT2D eigenvalue weighted by Crippen LogP contribution is 2.34. The van der Waals surface area contributed by atoms with Crippen molar-refractivity contribution in [2.45, 2.75) is 0 Å². The molecule has 21 heavy (non-hydrogen) atoms. The first-order valence-electron chi connectivity index (χ1n) is 6.54. The van der Waals surface area contributed by atoms with Crippen LogP contribution in [0.1, 0.15) is 0 Å². The minimum absolute atomic E-state index is 0.239. The molecule has 0 spiro atoms. The van der Waals surface area contributed by atoms with E-state index in [1.807, 2.05) is 24.3 Å². The fourth-order valence-corrected chi connectivity index (χ4v) is 3.23. The average molecular weight is 293 g/mol. The molecule has 0 aliphatic heterocycles. The summed E-state index contributed by atoms with van der Waals surface area (Å²) < 4.78 is 7.06. The van der Waals surface area contributed by atoms with Crippen molar-refractivity contribution in [1.82, 2.24) is 4.98 Å². The number of benzene rings is 2. The molecule has 0 aliphatic carbocycles. The molecule has 0 amide bonds. The molecule has 0 fully saturated rings. The van der Waals surface area contributed by atoms with Crippen LogP contribution in [-0.4, -0.2) is 10.1 Å². The monoisotopic (exact) mass is 293 g/mol. The second-order valence-corrected chi connectivity index (χ2v) is 5.81. The highest BCUT2D eigenvalue weighted by atomic mass is 32.1. The lowest BCUT2D eigenvalue weighted by Gasteiger charge is -1.95. The lowest BCUT2D eigenvalue weighted by atomic mass is 10.2. The van der Waals surface area contributed by atoms with Gasteiger partial charge in [-0.05, 0) is 41.8 Å². The van der Waals surface area contributed by atoms with Crippen molar-refractivity contribution in [3.8, 4) is 27.8 Å². The van der Waals surface area contributed by atoms with Crippen molar-refractivity contribution < 1.29 is 9.52 Å². The minimum atomic E-state index is 0.239. The van der Waals surface area contributed by atoms with Gasteiger partial charge in [-0.15, -0.1) is 11.3 Å². The molecule has 2 heterocycles. The van der Waals surface area contributed by atoms with Crippen LogP contribution in [-0.2, 0) is 0 Å². The van der Waals surface area contributed by atoms with Crippen LogP contribution in [0.25, 0.3) is 32.2 Å². The van der Waals surface area contributed by atoms with Crippen LogP contribution >= 0.6 is 11.3 Å². The first kappa shape index (κ1) is 12.2. The zero-order chi connectivity index (χ0) is 14.2. The molecule has 0 radical (unpaired) electrons. The van der Waals surface area contributed by atoms with Gasteiger partial charge in [-0.2, -0.15) is 0 Å². The number of thiophene rings is 1. The number of nitrogens with zero attached hydrogens (tertiary/aromatic N) is 1. The zero-order valence-corrected chi connectivity index (χ0v) is 11.8. The number of oxazole rings is 1. The van der Waals surface area contributed by atoms with Gasteiger partial charge in [0.05, 0.1) is 11.1 Å². The number of hydrogen-bond acceptors (Lipinski definition) is 4. The summed E-state index contributed by atoms with van der Waals surface area (Å²) in [4.78, 5) is 5.38. The van der Waals surface area contributed by atoms with E-state index in [2.05, 4.69) is 23.2 Å². The molecular weight excluding hydrogens is 282 g/mol. The molecule has 2 aromatic carbocycles. The molecule has 4 rings (SSSR count). The molecule has 102 valence electrons. The molecule has 3 nitrogen and oxygen atoms in total. The van der Waals surface area contributed by atoms with Gasteiger partial charge in [-0.3, -0.25) is 0 Å². The van der Waals surface area contributed by atoms with Gasteiger partial charge in [0.1, 0.15) is 5.75 Å². The third kappa shape index (κ3) is 2.19. The van der Waals surface area contributed by atoms with Crippen LogP contribution in [0.3, 0.4) is 0 Å². The molecular formula is C17H11NO2S. The Labute approximate surface area is 125 Å². The number of phenols is 1. The Morgan fingerprint density at radius 1 is 1.00 bits per heavy atom. The number of phenolic OH excluding ortho intramolecular Hbond substituents is 1. The van der Waals surface area contributed by atoms with Crippen molar-refractivity contribution in [1.29, 1.82) is 0 Å². The van der Waals surface area contributed by atoms with E-state index in [0.29, 0.717) is 11.7 Å². The van der Waals surface area contributed by atoms with Gasteiger partial charge in [-0.1, -0.05) is 18.2 Å². The zero-order valence-electron chi connectivity index (χ0n) is 11.0. The van der Waals surface area contributed by atoms with E-state index in [9.17, 15) is 5.11 Å². The molecule has 1 N–H and O–H groups in total. The normalized spacial score (nSPS) is 11.0. The Kier molecular flexibility index (Phi) is 2.75. The Balaban J connectivity index is 1.75. The van der Waals surface area contributed by atoms with E-state index in [0.717, 1.165) is 10.4 Å². The molecule has 2 aromatic heterocycles. The van der Waals surface area contributed by atoms with Crippen LogP contribution in [0.15, 0.2) is 65.2 Å². The van der Waals surface area contributed by atoms with Crippen LogP contribution in [0.4, 0.5) is 0 Å². The fraction of sp³-hybridized carbons (Fsp3) is 0. The van der Waals surface area contributed by atoms with Crippen LogP contribution in [0.5, 0.6) is 5.75 Å². The predicted molar refractivity (Wildman–Crippen MR) is 84.4 cm³/mol. The summed E-state index contributed by atoms with van der Waals surface area (Å²) in [5.74, 6) is 1.56. The molecule has 4 aromatic rings. The van der Waals surface area contributed by atoms with Crippen molar-refractivity contribution >= 4 is 21.4 Å². The van der Waals surface area contributed by atoms with E-state index >= 15 is 0 Å². The average Bonchev–Trinajstić information content (AvgIpc) is 3.14. The minimum Gasteiger partial charge on any atom is -0.508 e. The third-order valence-corrected chi connectivity index (χ3v) is 4.40. The summed E-state index contributed by atoms with van der Waals surface area (Å²) in [7, 11) is 0. The van der Waals surface area contributed by atoms with Crippen molar-refractivity contribution in [3.63, 3.8) is 0 Å². The first-order chi connectivity index (χ1) is 10.3.